The highest BCUT2D eigenvalue weighted by atomic mass is 32.1. The van der Waals surface area contributed by atoms with Gasteiger partial charge in [0, 0.05) is 6.54 Å². The van der Waals surface area contributed by atoms with Crippen LogP contribution in [0.4, 0.5) is 5.13 Å². The third-order valence-corrected chi connectivity index (χ3v) is 3.33. The van der Waals surface area contributed by atoms with Crippen LogP contribution in [0.1, 0.15) is 24.8 Å². The van der Waals surface area contributed by atoms with E-state index in [-0.39, 0.29) is 0 Å². The van der Waals surface area contributed by atoms with Gasteiger partial charge in [-0.25, -0.2) is 0 Å². The van der Waals surface area contributed by atoms with Gasteiger partial charge in [-0.15, -0.1) is 10.2 Å². The van der Waals surface area contributed by atoms with E-state index in [0.29, 0.717) is 11.7 Å². The molecule has 0 amide bonds. The number of nitrogens with two attached hydrogens (primary N) is 1. The van der Waals surface area contributed by atoms with Crippen molar-refractivity contribution in [3.8, 4) is 0 Å². The number of rotatable bonds is 2. The average Bonchev–Trinajstić information content (AvgIpc) is 2.49. The summed E-state index contributed by atoms with van der Waals surface area (Å²) in [5.74, 6) is 0. The third-order valence-electron chi connectivity index (χ3n) is 2.60. The van der Waals surface area contributed by atoms with E-state index in [2.05, 4.69) is 15.1 Å². The lowest BCUT2D eigenvalue weighted by atomic mass is 9.95. The Balaban J connectivity index is 1.95. The summed E-state index contributed by atoms with van der Waals surface area (Å²) in [5, 5.41) is 19.1. The minimum absolute atomic E-state index is 0.508. The van der Waals surface area contributed by atoms with Gasteiger partial charge in [-0.05, 0) is 26.3 Å². The molecule has 1 saturated heterocycles. The van der Waals surface area contributed by atoms with Crippen LogP contribution in [0.2, 0.25) is 0 Å². The molecule has 0 radical (unpaired) electrons. The van der Waals surface area contributed by atoms with Gasteiger partial charge in [0.05, 0.1) is 12.1 Å². The maximum Gasteiger partial charge on any atom is 0.203 e. The molecule has 1 fully saturated rings. The minimum atomic E-state index is -0.561. The SMILES string of the molecule is CC1(O)CCCN(Cc2nnc(N)s2)C1. The van der Waals surface area contributed by atoms with Gasteiger partial charge in [0.1, 0.15) is 5.01 Å². The highest BCUT2D eigenvalue weighted by molar-refractivity contribution is 7.15. The van der Waals surface area contributed by atoms with E-state index in [9.17, 15) is 5.11 Å². The van der Waals surface area contributed by atoms with Crippen molar-refractivity contribution in [1.29, 1.82) is 0 Å². The van der Waals surface area contributed by atoms with Crippen LogP contribution in [-0.4, -0.2) is 38.9 Å². The molecule has 1 aromatic heterocycles. The molecule has 0 spiro atoms. The predicted molar refractivity (Wildman–Crippen MR) is 59.5 cm³/mol. The molecule has 6 heteroatoms. The maximum absolute atomic E-state index is 9.93. The Kier molecular flexibility index (Phi) is 2.90. The summed E-state index contributed by atoms with van der Waals surface area (Å²) in [6.45, 7) is 4.33. The molecule has 1 unspecified atom stereocenters. The fraction of sp³-hybridized carbons (Fsp3) is 0.778. The first-order valence-corrected chi connectivity index (χ1v) is 5.89. The lowest BCUT2D eigenvalue weighted by Crippen LogP contribution is -2.45. The summed E-state index contributed by atoms with van der Waals surface area (Å²) in [7, 11) is 0. The number of nitrogens with zero attached hydrogens (tertiary/aromatic N) is 3. The number of hydrogen-bond donors (Lipinski definition) is 2. The van der Waals surface area contributed by atoms with Gasteiger partial charge in [-0.2, -0.15) is 0 Å². The third kappa shape index (κ3) is 2.87. The van der Waals surface area contributed by atoms with Gasteiger partial charge >= 0.3 is 0 Å². The molecule has 15 heavy (non-hydrogen) atoms. The Morgan fingerprint density at radius 2 is 2.40 bits per heavy atom. The van der Waals surface area contributed by atoms with Crippen molar-refractivity contribution in [3.05, 3.63) is 5.01 Å². The zero-order chi connectivity index (χ0) is 10.9. The Labute approximate surface area is 92.9 Å². The molecule has 5 nitrogen and oxygen atoms in total. The smallest absolute Gasteiger partial charge is 0.203 e. The van der Waals surface area contributed by atoms with E-state index >= 15 is 0 Å². The summed E-state index contributed by atoms with van der Waals surface area (Å²) in [6.07, 6.45) is 1.91. The van der Waals surface area contributed by atoms with E-state index in [1.807, 2.05) is 6.92 Å². The molecule has 1 aliphatic heterocycles. The van der Waals surface area contributed by atoms with Crippen LogP contribution in [0.15, 0.2) is 0 Å². The summed E-state index contributed by atoms with van der Waals surface area (Å²) < 4.78 is 0. The first kappa shape index (κ1) is 10.8. The Morgan fingerprint density at radius 1 is 1.60 bits per heavy atom. The van der Waals surface area contributed by atoms with Crippen LogP contribution in [0.5, 0.6) is 0 Å². The predicted octanol–water partition coefficient (Wildman–Crippen LogP) is 0.467. The van der Waals surface area contributed by atoms with E-state index in [1.54, 1.807) is 0 Å². The lowest BCUT2D eigenvalue weighted by molar-refractivity contribution is -0.0182. The summed E-state index contributed by atoms with van der Waals surface area (Å²) in [5.41, 5.74) is 4.95. The Bertz CT molecular complexity index is 339. The van der Waals surface area contributed by atoms with Crippen molar-refractivity contribution in [3.63, 3.8) is 0 Å². The molecule has 2 heterocycles. The second-order valence-electron chi connectivity index (χ2n) is 4.35. The minimum Gasteiger partial charge on any atom is -0.389 e. The molecule has 0 saturated carbocycles. The number of likely N-dealkylation sites (tertiary alicyclic amines) is 1. The molecule has 0 aliphatic carbocycles. The fourth-order valence-electron chi connectivity index (χ4n) is 1.98. The zero-order valence-corrected chi connectivity index (χ0v) is 9.63. The van der Waals surface area contributed by atoms with Crippen LogP contribution in [0.25, 0.3) is 0 Å². The maximum atomic E-state index is 9.93. The van der Waals surface area contributed by atoms with Crippen LogP contribution in [-0.2, 0) is 6.54 Å². The molecule has 0 aromatic carbocycles. The van der Waals surface area contributed by atoms with Crippen molar-refractivity contribution in [2.45, 2.75) is 31.9 Å². The van der Waals surface area contributed by atoms with Gasteiger partial charge in [0.15, 0.2) is 0 Å². The average molecular weight is 228 g/mol. The van der Waals surface area contributed by atoms with Gasteiger partial charge < -0.3 is 10.8 Å². The highest BCUT2D eigenvalue weighted by Gasteiger charge is 2.28. The molecule has 1 aromatic rings. The molecule has 0 bridgehead atoms. The van der Waals surface area contributed by atoms with Crippen molar-refractivity contribution in [2.24, 2.45) is 0 Å². The highest BCUT2D eigenvalue weighted by Crippen LogP contribution is 2.22. The van der Waals surface area contributed by atoms with Gasteiger partial charge in [0.25, 0.3) is 0 Å². The molecule has 1 aliphatic rings. The fourth-order valence-corrected chi connectivity index (χ4v) is 2.63. The van der Waals surface area contributed by atoms with Crippen molar-refractivity contribution in [1.82, 2.24) is 15.1 Å². The first-order chi connectivity index (χ1) is 7.05. The number of piperidine rings is 1. The summed E-state index contributed by atoms with van der Waals surface area (Å²) in [4.78, 5) is 2.20. The molecule has 84 valence electrons. The lowest BCUT2D eigenvalue weighted by Gasteiger charge is -2.36. The van der Waals surface area contributed by atoms with E-state index in [1.165, 1.54) is 11.3 Å². The first-order valence-electron chi connectivity index (χ1n) is 5.08. The monoisotopic (exact) mass is 228 g/mol. The zero-order valence-electron chi connectivity index (χ0n) is 8.81. The topological polar surface area (TPSA) is 75.3 Å². The van der Waals surface area contributed by atoms with Crippen molar-refractivity contribution in [2.75, 3.05) is 18.8 Å². The molecule has 1 atom stereocenters. The van der Waals surface area contributed by atoms with Crippen molar-refractivity contribution < 1.29 is 5.11 Å². The number of β-amino-alcohol motifs (C(OH)–C–C–N with tert-alkyl or cyclic N) is 1. The van der Waals surface area contributed by atoms with E-state index in [0.717, 1.165) is 30.9 Å². The Morgan fingerprint density at radius 3 is 3.00 bits per heavy atom. The second kappa shape index (κ2) is 4.03. The van der Waals surface area contributed by atoms with Crippen LogP contribution in [0.3, 0.4) is 0 Å². The van der Waals surface area contributed by atoms with E-state index < -0.39 is 5.60 Å². The summed E-state index contributed by atoms with van der Waals surface area (Å²) >= 11 is 1.41. The molecule has 2 rings (SSSR count). The number of aromatic nitrogens is 2. The van der Waals surface area contributed by atoms with Gasteiger partial charge in [-0.3, -0.25) is 4.90 Å². The number of nitrogen functional groups attached to an aromatic ring is 1. The second-order valence-corrected chi connectivity index (χ2v) is 5.44. The Hall–Kier alpha value is -0.720. The molecule has 3 N–H and O–H groups in total. The standard InChI is InChI=1S/C9H16N4OS/c1-9(14)3-2-4-13(6-9)5-7-11-12-8(10)15-7/h14H,2-6H2,1H3,(H2,10,12). The quantitative estimate of drug-likeness (QED) is 0.769. The van der Waals surface area contributed by atoms with Crippen molar-refractivity contribution >= 4 is 16.5 Å². The van der Waals surface area contributed by atoms with Gasteiger partial charge in [0.2, 0.25) is 5.13 Å². The number of aliphatic hydroxyl groups is 1. The normalized spacial score (nSPS) is 28.1. The van der Waals surface area contributed by atoms with Crippen LogP contribution >= 0.6 is 11.3 Å². The van der Waals surface area contributed by atoms with E-state index in [4.69, 9.17) is 5.73 Å². The molecular weight excluding hydrogens is 212 g/mol. The van der Waals surface area contributed by atoms with Crippen LogP contribution < -0.4 is 5.73 Å². The number of hydrogen-bond acceptors (Lipinski definition) is 6. The largest absolute Gasteiger partial charge is 0.389 e. The van der Waals surface area contributed by atoms with Crippen LogP contribution in [0, 0.1) is 0 Å². The summed E-state index contributed by atoms with van der Waals surface area (Å²) in [6, 6.07) is 0. The molecular formula is C9H16N4OS. The van der Waals surface area contributed by atoms with Gasteiger partial charge in [-0.1, -0.05) is 11.3 Å². The number of anilines is 1.